The molecular weight excluding hydrogens is 204 g/mol. The minimum Gasteiger partial charge on any atom is -0.502 e. The van der Waals surface area contributed by atoms with E-state index in [-0.39, 0.29) is 11.3 Å². The van der Waals surface area contributed by atoms with Gasteiger partial charge < -0.3 is 15.8 Å². The first-order valence-corrected chi connectivity index (χ1v) is 5.92. The molecule has 0 aromatic rings. The number of carbonyl (C=O) groups excluding carboxylic acids is 1. The Kier molecular flexibility index (Phi) is 5.32. The number of rotatable bonds is 8. The molecule has 0 heterocycles. The molecule has 1 rings (SSSR count). The standard InChI is InChI=1S/C12H22N2O2/c1-2-16-8-4-7-14-11(15)9-12(10-13)5-3-6-12/h2H,1,3-10,13H2,(H,14,15). The van der Waals surface area contributed by atoms with E-state index in [9.17, 15) is 4.79 Å². The van der Waals surface area contributed by atoms with Crippen LogP contribution in [0.5, 0.6) is 0 Å². The normalized spacial score (nSPS) is 17.3. The number of amides is 1. The molecule has 3 N–H and O–H groups in total. The maximum absolute atomic E-state index is 11.6. The van der Waals surface area contributed by atoms with Gasteiger partial charge in [-0.25, -0.2) is 0 Å². The van der Waals surface area contributed by atoms with Crippen LogP contribution in [-0.4, -0.2) is 25.6 Å². The third-order valence-corrected chi connectivity index (χ3v) is 3.26. The van der Waals surface area contributed by atoms with Crippen molar-refractivity contribution in [1.82, 2.24) is 5.32 Å². The fraction of sp³-hybridized carbons (Fsp3) is 0.750. The summed E-state index contributed by atoms with van der Waals surface area (Å²) in [6, 6.07) is 0. The van der Waals surface area contributed by atoms with Crippen molar-refractivity contribution in [2.75, 3.05) is 19.7 Å². The molecule has 0 aromatic carbocycles. The van der Waals surface area contributed by atoms with E-state index in [0.717, 1.165) is 19.3 Å². The average molecular weight is 226 g/mol. The monoisotopic (exact) mass is 226 g/mol. The summed E-state index contributed by atoms with van der Waals surface area (Å²) in [5.74, 6) is 0.115. The number of ether oxygens (including phenoxy) is 1. The average Bonchev–Trinajstić information content (AvgIpc) is 2.23. The molecule has 0 bridgehead atoms. The Balaban J connectivity index is 2.08. The molecule has 0 radical (unpaired) electrons. The van der Waals surface area contributed by atoms with Gasteiger partial charge in [-0.05, 0) is 31.2 Å². The highest BCUT2D eigenvalue weighted by Crippen LogP contribution is 2.42. The summed E-state index contributed by atoms with van der Waals surface area (Å²) in [6.45, 7) is 5.34. The van der Waals surface area contributed by atoms with Crippen molar-refractivity contribution in [3.8, 4) is 0 Å². The SMILES string of the molecule is C=COCCCNC(=O)CC1(CN)CCC1. The van der Waals surface area contributed by atoms with E-state index >= 15 is 0 Å². The number of carbonyl (C=O) groups is 1. The van der Waals surface area contributed by atoms with E-state index in [2.05, 4.69) is 11.9 Å². The first-order valence-electron chi connectivity index (χ1n) is 5.92. The van der Waals surface area contributed by atoms with Gasteiger partial charge in [-0.1, -0.05) is 13.0 Å². The van der Waals surface area contributed by atoms with Gasteiger partial charge in [0.15, 0.2) is 0 Å². The van der Waals surface area contributed by atoms with E-state index in [0.29, 0.717) is 26.1 Å². The van der Waals surface area contributed by atoms with Crippen LogP contribution in [0, 0.1) is 5.41 Å². The molecule has 4 nitrogen and oxygen atoms in total. The first kappa shape index (κ1) is 13.0. The van der Waals surface area contributed by atoms with E-state index in [4.69, 9.17) is 10.5 Å². The van der Waals surface area contributed by atoms with Crippen molar-refractivity contribution in [2.24, 2.45) is 11.1 Å². The van der Waals surface area contributed by atoms with Crippen molar-refractivity contribution >= 4 is 5.91 Å². The highest BCUT2D eigenvalue weighted by molar-refractivity contribution is 5.76. The molecule has 0 unspecified atom stereocenters. The Bertz CT molecular complexity index is 232. The molecule has 1 saturated carbocycles. The Hall–Kier alpha value is -1.03. The Labute approximate surface area is 97.2 Å². The molecule has 1 fully saturated rings. The van der Waals surface area contributed by atoms with Gasteiger partial charge in [-0.15, -0.1) is 0 Å². The quantitative estimate of drug-likeness (QED) is 0.482. The van der Waals surface area contributed by atoms with Crippen LogP contribution < -0.4 is 11.1 Å². The highest BCUT2D eigenvalue weighted by atomic mass is 16.5. The lowest BCUT2D eigenvalue weighted by molar-refractivity contribution is -0.124. The van der Waals surface area contributed by atoms with Gasteiger partial charge in [0.1, 0.15) is 0 Å². The van der Waals surface area contributed by atoms with E-state index in [1.165, 1.54) is 12.7 Å². The topological polar surface area (TPSA) is 64.3 Å². The zero-order valence-corrected chi connectivity index (χ0v) is 9.84. The molecule has 16 heavy (non-hydrogen) atoms. The fourth-order valence-electron chi connectivity index (χ4n) is 2.00. The fourth-order valence-corrected chi connectivity index (χ4v) is 2.00. The van der Waals surface area contributed by atoms with Gasteiger partial charge in [-0.2, -0.15) is 0 Å². The van der Waals surface area contributed by atoms with Gasteiger partial charge in [0, 0.05) is 13.0 Å². The summed E-state index contributed by atoms with van der Waals surface area (Å²) in [4.78, 5) is 11.6. The zero-order chi connectivity index (χ0) is 11.9. The lowest BCUT2D eigenvalue weighted by Gasteiger charge is -2.40. The van der Waals surface area contributed by atoms with Gasteiger partial charge in [-0.3, -0.25) is 4.79 Å². The molecule has 0 saturated heterocycles. The van der Waals surface area contributed by atoms with Gasteiger partial charge in [0.2, 0.25) is 5.91 Å². The summed E-state index contributed by atoms with van der Waals surface area (Å²) in [6.07, 6.45) is 6.20. The van der Waals surface area contributed by atoms with Crippen molar-refractivity contribution in [1.29, 1.82) is 0 Å². The van der Waals surface area contributed by atoms with Crippen LogP contribution in [0.2, 0.25) is 0 Å². The second-order valence-corrected chi connectivity index (χ2v) is 4.48. The molecule has 1 amide bonds. The Morgan fingerprint density at radius 2 is 2.31 bits per heavy atom. The predicted octanol–water partition coefficient (Wildman–Crippen LogP) is 1.17. The van der Waals surface area contributed by atoms with Crippen LogP contribution in [0.15, 0.2) is 12.8 Å². The van der Waals surface area contributed by atoms with Crippen molar-refractivity contribution in [3.05, 3.63) is 12.8 Å². The second-order valence-electron chi connectivity index (χ2n) is 4.48. The minimum absolute atomic E-state index is 0.0989. The maximum atomic E-state index is 11.6. The van der Waals surface area contributed by atoms with Crippen LogP contribution in [0.4, 0.5) is 0 Å². The van der Waals surface area contributed by atoms with Crippen LogP contribution in [0.1, 0.15) is 32.1 Å². The van der Waals surface area contributed by atoms with Gasteiger partial charge in [0.05, 0.1) is 12.9 Å². The lowest BCUT2D eigenvalue weighted by atomic mass is 9.66. The van der Waals surface area contributed by atoms with Gasteiger partial charge >= 0.3 is 0 Å². The summed E-state index contributed by atoms with van der Waals surface area (Å²) >= 11 is 0. The maximum Gasteiger partial charge on any atom is 0.220 e. The molecule has 0 atom stereocenters. The molecular formula is C12H22N2O2. The van der Waals surface area contributed by atoms with E-state index < -0.39 is 0 Å². The first-order chi connectivity index (χ1) is 7.72. The van der Waals surface area contributed by atoms with Crippen LogP contribution in [0.25, 0.3) is 0 Å². The van der Waals surface area contributed by atoms with Crippen molar-refractivity contribution < 1.29 is 9.53 Å². The van der Waals surface area contributed by atoms with Crippen molar-refractivity contribution in [2.45, 2.75) is 32.1 Å². The molecule has 1 aliphatic carbocycles. The predicted molar refractivity (Wildman–Crippen MR) is 63.7 cm³/mol. The second kappa shape index (κ2) is 6.53. The zero-order valence-electron chi connectivity index (χ0n) is 9.84. The molecule has 92 valence electrons. The highest BCUT2D eigenvalue weighted by Gasteiger charge is 2.37. The molecule has 0 spiro atoms. The number of nitrogens with two attached hydrogens (primary N) is 1. The lowest BCUT2D eigenvalue weighted by Crippen LogP contribution is -2.42. The number of nitrogens with one attached hydrogen (secondary N) is 1. The Morgan fingerprint density at radius 3 is 2.81 bits per heavy atom. The summed E-state index contributed by atoms with van der Waals surface area (Å²) in [7, 11) is 0. The third-order valence-electron chi connectivity index (χ3n) is 3.26. The third kappa shape index (κ3) is 3.85. The summed E-state index contributed by atoms with van der Waals surface area (Å²) in [5, 5.41) is 2.89. The molecule has 0 aliphatic heterocycles. The van der Waals surface area contributed by atoms with Crippen LogP contribution >= 0.6 is 0 Å². The van der Waals surface area contributed by atoms with Gasteiger partial charge in [0.25, 0.3) is 0 Å². The van der Waals surface area contributed by atoms with Crippen LogP contribution in [-0.2, 0) is 9.53 Å². The van der Waals surface area contributed by atoms with Crippen molar-refractivity contribution in [3.63, 3.8) is 0 Å². The number of hydrogen-bond acceptors (Lipinski definition) is 3. The van der Waals surface area contributed by atoms with E-state index in [1.807, 2.05) is 0 Å². The molecule has 1 aliphatic rings. The number of hydrogen-bond donors (Lipinski definition) is 2. The largest absolute Gasteiger partial charge is 0.502 e. The summed E-state index contributed by atoms with van der Waals surface area (Å²) in [5.41, 5.74) is 5.80. The minimum atomic E-state index is 0.0989. The molecule has 0 aromatic heterocycles. The Morgan fingerprint density at radius 1 is 1.56 bits per heavy atom. The smallest absolute Gasteiger partial charge is 0.220 e. The van der Waals surface area contributed by atoms with E-state index in [1.54, 1.807) is 0 Å². The van der Waals surface area contributed by atoms with Crippen LogP contribution in [0.3, 0.4) is 0 Å². The summed E-state index contributed by atoms with van der Waals surface area (Å²) < 4.78 is 4.96. The molecule has 4 heteroatoms.